The second kappa shape index (κ2) is 4.86. The molecule has 0 saturated carbocycles. The van der Waals surface area contributed by atoms with E-state index in [0.29, 0.717) is 18.1 Å². The Labute approximate surface area is 102 Å². The SMILES string of the molecule is CCC(NC(=O)c1c[nH]c(=O)[nH]1)c1nc(C)no1. The van der Waals surface area contributed by atoms with Gasteiger partial charge in [0.25, 0.3) is 5.91 Å². The Morgan fingerprint density at radius 2 is 2.39 bits per heavy atom. The van der Waals surface area contributed by atoms with Crippen molar-refractivity contribution in [2.45, 2.75) is 26.3 Å². The third-order valence-corrected chi connectivity index (χ3v) is 2.40. The number of rotatable bonds is 4. The van der Waals surface area contributed by atoms with E-state index in [1.54, 1.807) is 6.92 Å². The number of H-pyrrole nitrogens is 2. The Balaban J connectivity index is 2.11. The lowest BCUT2D eigenvalue weighted by molar-refractivity contribution is 0.0922. The Kier molecular flexibility index (Phi) is 3.26. The molecule has 0 saturated heterocycles. The second-order valence-electron chi connectivity index (χ2n) is 3.77. The zero-order valence-corrected chi connectivity index (χ0v) is 9.98. The van der Waals surface area contributed by atoms with Gasteiger partial charge < -0.3 is 19.8 Å². The Bertz CT molecular complexity index is 596. The molecule has 0 spiro atoms. The van der Waals surface area contributed by atoms with Crippen LogP contribution < -0.4 is 11.0 Å². The number of aromatic nitrogens is 4. The van der Waals surface area contributed by atoms with E-state index >= 15 is 0 Å². The maximum absolute atomic E-state index is 11.8. The van der Waals surface area contributed by atoms with Gasteiger partial charge in [0, 0.05) is 6.20 Å². The number of imidazole rings is 1. The first-order valence-corrected chi connectivity index (χ1v) is 5.49. The molecule has 2 aromatic rings. The van der Waals surface area contributed by atoms with Crippen LogP contribution in [0.4, 0.5) is 0 Å². The first-order chi connectivity index (χ1) is 8.60. The van der Waals surface area contributed by atoms with E-state index in [1.807, 2.05) is 6.92 Å². The summed E-state index contributed by atoms with van der Waals surface area (Å²) in [6, 6.07) is -0.378. The van der Waals surface area contributed by atoms with Gasteiger partial charge >= 0.3 is 5.69 Å². The molecular weight excluding hydrogens is 238 g/mol. The van der Waals surface area contributed by atoms with Crippen molar-refractivity contribution < 1.29 is 9.32 Å². The molecule has 1 amide bonds. The van der Waals surface area contributed by atoms with Gasteiger partial charge in [-0.25, -0.2) is 4.79 Å². The van der Waals surface area contributed by atoms with Crippen molar-refractivity contribution in [3.8, 4) is 0 Å². The number of nitrogens with zero attached hydrogens (tertiary/aromatic N) is 2. The van der Waals surface area contributed by atoms with E-state index < -0.39 is 11.6 Å². The highest BCUT2D eigenvalue weighted by Gasteiger charge is 2.20. The zero-order chi connectivity index (χ0) is 13.1. The highest BCUT2D eigenvalue weighted by molar-refractivity contribution is 5.92. The summed E-state index contributed by atoms with van der Waals surface area (Å²) in [6.45, 7) is 3.58. The average molecular weight is 251 g/mol. The van der Waals surface area contributed by atoms with Crippen LogP contribution in [0.3, 0.4) is 0 Å². The van der Waals surface area contributed by atoms with Crippen molar-refractivity contribution >= 4 is 5.91 Å². The molecule has 3 N–H and O–H groups in total. The first-order valence-electron chi connectivity index (χ1n) is 5.49. The minimum Gasteiger partial charge on any atom is -0.339 e. The summed E-state index contributed by atoms with van der Waals surface area (Å²) in [5.41, 5.74) is -0.267. The van der Waals surface area contributed by atoms with Crippen LogP contribution in [0, 0.1) is 6.92 Å². The van der Waals surface area contributed by atoms with E-state index in [2.05, 4.69) is 25.4 Å². The van der Waals surface area contributed by atoms with E-state index in [-0.39, 0.29) is 11.7 Å². The Hall–Kier alpha value is -2.38. The minimum atomic E-state index is -0.429. The second-order valence-corrected chi connectivity index (χ2v) is 3.77. The monoisotopic (exact) mass is 251 g/mol. The molecule has 0 bridgehead atoms. The predicted molar refractivity (Wildman–Crippen MR) is 60.9 cm³/mol. The number of carbonyl (C=O) groups is 1. The lowest BCUT2D eigenvalue weighted by Gasteiger charge is -2.11. The van der Waals surface area contributed by atoms with Crippen molar-refractivity contribution in [3.05, 3.63) is 34.1 Å². The quantitative estimate of drug-likeness (QED) is 0.721. The summed E-state index contributed by atoms with van der Waals surface area (Å²) in [4.78, 5) is 31.5. The molecule has 1 atom stereocenters. The van der Waals surface area contributed by atoms with Gasteiger partial charge in [-0.15, -0.1) is 0 Å². The van der Waals surface area contributed by atoms with Crippen molar-refractivity contribution in [1.82, 2.24) is 25.4 Å². The maximum atomic E-state index is 11.8. The van der Waals surface area contributed by atoms with Gasteiger partial charge in [-0.1, -0.05) is 12.1 Å². The van der Waals surface area contributed by atoms with Gasteiger partial charge in [0.05, 0.1) is 0 Å². The fourth-order valence-corrected chi connectivity index (χ4v) is 1.48. The molecule has 2 aromatic heterocycles. The van der Waals surface area contributed by atoms with Crippen LogP contribution in [0.5, 0.6) is 0 Å². The number of hydrogen-bond acceptors (Lipinski definition) is 5. The summed E-state index contributed by atoms with van der Waals surface area (Å²) in [5.74, 6) is 0.449. The number of nitrogens with one attached hydrogen (secondary N) is 3. The van der Waals surface area contributed by atoms with Crippen LogP contribution in [0.1, 0.15) is 41.6 Å². The van der Waals surface area contributed by atoms with Crippen LogP contribution in [0.2, 0.25) is 0 Å². The third-order valence-electron chi connectivity index (χ3n) is 2.40. The molecular formula is C10H13N5O3. The fraction of sp³-hybridized carbons (Fsp3) is 0.400. The summed E-state index contributed by atoms with van der Waals surface area (Å²) >= 11 is 0. The highest BCUT2D eigenvalue weighted by atomic mass is 16.5. The minimum absolute atomic E-state index is 0.162. The number of hydrogen-bond donors (Lipinski definition) is 3. The van der Waals surface area contributed by atoms with Crippen LogP contribution in [0.15, 0.2) is 15.5 Å². The zero-order valence-electron chi connectivity index (χ0n) is 9.98. The summed E-state index contributed by atoms with van der Waals surface area (Å²) in [5, 5.41) is 6.37. The van der Waals surface area contributed by atoms with E-state index in [1.165, 1.54) is 6.20 Å². The number of aryl methyl sites for hydroxylation is 1. The molecule has 0 aliphatic carbocycles. The standard InChI is InChI=1S/C10H13N5O3/c1-3-6(9-12-5(2)15-18-9)13-8(16)7-4-11-10(17)14-7/h4,6H,3H2,1-2H3,(H,13,16)(H2,11,14,17). The van der Waals surface area contributed by atoms with Gasteiger partial charge in [0.15, 0.2) is 5.82 Å². The van der Waals surface area contributed by atoms with E-state index in [4.69, 9.17) is 4.52 Å². The van der Waals surface area contributed by atoms with Crippen LogP contribution in [-0.2, 0) is 0 Å². The predicted octanol–water partition coefficient (Wildman–Crippen LogP) is 0.276. The van der Waals surface area contributed by atoms with Crippen molar-refractivity contribution in [1.29, 1.82) is 0 Å². The fourth-order valence-electron chi connectivity index (χ4n) is 1.48. The van der Waals surface area contributed by atoms with E-state index in [0.717, 1.165) is 0 Å². The topological polar surface area (TPSA) is 117 Å². The third kappa shape index (κ3) is 2.47. The molecule has 8 heteroatoms. The lowest BCUT2D eigenvalue weighted by Crippen LogP contribution is -2.29. The molecule has 96 valence electrons. The van der Waals surface area contributed by atoms with Gasteiger partial charge in [0.1, 0.15) is 11.7 Å². The van der Waals surface area contributed by atoms with Crippen molar-refractivity contribution in [3.63, 3.8) is 0 Å². The maximum Gasteiger partial charge on any atom is 0.323 e. The molecule has 2 rings (SSSR count). The Morgan fingerprint density at radius 1 is 1.61 bits per heavy atom. The molecule has 0 aliphatic rings. The summed E-state index contributed by atoms with van der Waals surface area (Å²) in [6.07, 6.45) is 1.91. The number of aromatic amines is 2. The molecule has 0 fully saturated rings. The smallest absolute Gasteiger partial charge is 0.323 e. The molecule has 0 aliphatic heterocycles. The number of amides is 1. The summed E-state index contributed by atoms with van der Waals surface area (Å²) < 4.78 is 5.00. The van der Waals surface area contributed by atoms with Gasteiger partial charge in [0.2, 0.25) is 5.89 Å². The van der Waals surface area contributed by atoms with Crippen molar-refractivity contribution in [2.24, 2.45) is 0 Å². The number of carbonyl (C=O) groups excluding carboxylic acids is 1. The van der Waals surface area contributed by atoms with Crippen LogP contribution in [0.25, 0.3) is 0 Å². The van der Waals surface area contributed by atoms with Gasteiger partial charge in [-0.2, -0.15) is 4.98 Å². The molecule has 0 radical (unpaired) electrons. The highest BCUT2D eigenvalue weighted by Crippen LogP contribution is 2.14. The molecule has 8 nitrogen and oxygen atoms in total. The molecule has 0 aromatic carbocycles. The Morgan fingerprint density at radius 3 is 2.89 bits per heavy atom. The normalized spacial score (nSPS) is 12.3. The van der Waals surface area contributed by atoms with Crippen molar-refractivity contribution in [2.75, 3.05) is 0 Å². The van der Waals surface area contributed by atoms with Crippen LogP contribution >= 0.6 is 0 Å². The van der Waals surface area contributed by atoms with Gasteiger partial charge in [-0.05, 0) is 13.3 Å². The van der Waals surface area contributed by atoms with Crippen LogP contribution in [-0.4, -0.2) is 26.0 Å². The van der Waals surface area contributed by atoms with E-state index in [9.17, 15) is 9.59 Å². The molecule has 18 heavy (non-hydrogen) atoms. The summed E-state index contributed by atoms with van der Waals surface area (Å²) in [7, 11) is 0. The average Bonchev–Trinajstić information content (AvgIpc) is 2.94. The first kappa shape index (κ1) is 12.1. The molecule has 1 unspecified atom stereocenters. The lowest BCUT2D eigenvalue weighted by atomic mass is 10.2. The van der Waals surface area contributed by atoms with Gasteiger partial charge in [-0.3, -0.25) is 4.79 Å². The molecule has 2 heterocycles. The largest absolute Gasteiger partial charge is 0.339 e.